The van der Waals surface area contributed by atoms with Gasteiger partial charge in [-0.05, 0) is 29.8 Å². The third kappa shape index (κ3) is 8.57. The number of nitrogens with zero attached hydrogens (tertiary/aromatic N) is 2. The third-order valence-electron chi connectivity index (χ3n) is 3.67. The van der Waals surface area contributed by atoms with Crippen LogP contribution in [0.5, 0.6) is 5.75 Å². The Morgan fingerprint density at radius 2 is 1.92 bits per heavy atom. The van der Waals surface area contributed by atoms with Gasteiger partial charge in [0.25, 0.3) is 0 Å². The van der Waals surface area contributed by atoms with Gasteiger partial charge in [-0.25, -0.2) is 0 Å². The molecule has 7 heteroatoms. The summed E-state index contributed by atoms with van der Waals surface area (Å²) in [5.74, 6) is 1.67. The number of rotatable bonds is 10. The Labute approximate surface area is 173 Å². The zero-order valence-corrected chi connectivity index (χ0v) is 17.8. The molecule has 0 saturated heterocycles. The molecule has 1 aromatic carbocycles. The van der Waals surface area contributed by atoms with E-state index >= 15 is 0 Å². The quantitative estimate of drug-likeness (QED) is 0.242. The number of methoxy groups -OCH3 is 1. The van der Waals surface area contributed by atoms with Crippen LogP contribution in [0.1, 0.15) is 12.0 Å². The minimum absolute atomic E-state index is 0. The fourth-order valence-electron chi connectivity index (χ4n) is 2.37. The van der Waals surface area contributed by atoms with Gasteiger partial charge in [0.2, 0.25) is 0 Å². The van der Waals surface area contributed by atoms with E-state index in [1.807, 2.05) is 30.3 Å². The molecule has 0 radical (unpaired) electrons. The van der Waals surface area contributed by atoms with Gasteiger partial charge in [-0.3, -0.25) is 4.99 Å². The largest absolute Gasteiger partial charge is 0.493 e. The first-order valence-corrected chi connectivity index (χ1v) is 8.58. The molecule has 0 aliphatic rings. The standard InChI is InChI=1S/C19H28N4O2.HI/c1-20-19(21-9-12-23-10-3-4-11-23)22-16-17-7-5-8-18(15-17)25-14-6-13-24-2;/h3-5,7-8,10-11,15H,6,9,12-14,16H2,1-2H3,(H2,20,21,22);1H. The molecule has 26 heavy (non-hydrogen) atoms. The van der Waals surface area contributed by atoms with Crippen LogP contribution in [0.4, 0.5) is 0 Å². The first kappa shape index (κ1) is 22.3. The van der Waals surface area contributed by atoms with Crippen LogP contribution < -0.4 is 15.4 Å². The van der Waals surface area contributed by atoms with Gasteiger partial charge in [-0.1, -0.05) is 12.1 Å². The lowest BCUT2D eigenvalue weighted by molar-refractivity contribution is 0.172. The maximum atomic E-state index is 5.73. The van der Waals surface area contributed by atoms with Gasteiger partial charge in [-0.2, -0.15) is 0 Å². The first-order chi connectivity index (χ1) is 12.3. The van der Waals surface area contributed by atoms with E-state index in [2.05, 4.69) is 38.7 Å². The fourth-order valence-corrected chi connectivity index (χ4v) is 2.37. The second kappa shape index (κ2) is 13.5. The van der Waals surface area contributed by atoms with Crippen LogP contribution in [-0.2, 0) is 17.8 Å². The molecule has 0 saturated carbocycles. The van der Waals surface area contributed by atoms with Gasteiger partial charge in [0.15, 0.2) is 5.96 Å². The molecule has 0 atom stereocenters. The van der Waals surface area contributed by atoms with Crippen molar-refractivity contribution in [1.82, 2.24) is 15.2 Å². The van der Waals surface area contributed by atoms with Crippen molar-refractivity contribution in [3.05, 3.63) is 54.4 Å². The Balaban J connectivity index is 0.00000338. The second-order valence-electron chi connectivity index (χ2n) is 5.62. The number of aliphatic imine (C=N–C) groups is 1. The van der Waals surface area contributed by atoms with Crippen molar-refractivity contribution in [3.63, 3.8) is 0 Å². The van der Waals surface area contributed by atoms with Crippen molar-refractivity contribution >= 4 is 29.9 Å². The molecule has 0 aliphatic heterocycles. The van der Waals surface area contributed by atoms with E-state index in [0.29, 0.717) is 19.8 Å². The van der Waals surface area contributed by atoms with Gasteiger partial charge in [-0.15, -0.1) is 24.0 Å². The lowest BCUT2D eigenvalue weighted by Crippen LogP contribution is -2.38. The van der Waals surface area contributed by atoms with E-state index in [1.165, 1.54) is 0 Å². The SMILES string of the molecule is CN=C(NCCn1cccc1)NCc1cccc(OCCCOC)c1.I. The summed E-state index contributed by atoms with van der Waals surface area (Å²) in [6.07, 6.45) is 4.99. The number of guanidine groups is 1. The van der Waals surface area contributed by atoms with Crippen molar-refractivity contribution < 1.29 is 9.47 Å². The number of ether oxygens (including phenoxy) is 2. The van der Waals surface area contributed by atoms with Gasteiger partial charge in [0, 0.05) is 59.2 Å². The Morgan fingerprint density at radius 3 is 2.65 bits per heavy atom. The first-order valence-electron chi connectivity index (χ1n) is 8.58. The zero-order chi connectivity index (χ0) is 17.7. The van der Waals surface area contributed by atoms with Gasteiger partial charge in [0.05, 0.1) is 6.61 Å². The molecule has 6 nitrogen and oxygen atoms in total. The summed E-state index contributed by atoms with van der Waals surface area (Å²) in [6.45, 7) is 3.79. The normalized spacial score (nSPS) is 10.9. The second-order valence-corrected chi connectivity index (χ2v) is 5.62. The monoisotopic (exact) mass is 472 g/mol. The van der Waals surface area contributed by atoms with Crippen molar-refractivity contribution in [1.29, 1.82) is 0 Å². The predicted octanol–water partition coefficient (Wildman–Crippen LogP) is 2.89. The van der Waals surface area contributed by atoms with Gasteiger partial charge < -0.3 is 24.7 Å². The third-order valence-corrected chi connectivity index (χ3v) is 3.67. The average molecular weight is 472 g/mol. The number of hydrogen-bond acceptors (Lipinski definition) is 3. The minimum Gasteiger partial charge on any atom is -0.493 e. The van der Waals surface area contributed by atoms with Crippen LogP contribution >= 0.6 is 24.0 Å². The Kier molecular flexibility index (Phi) is 11.5. The highest BCUT2D eigenvalue weighted by Gasteiger charge is 2.00. The van der Waals surface area contributed by atoms with Gasteiger partial charge >= 0.3 is 0 Å². The number of nitrogens with one attached hydrogen (secondary N) is 2. The molecule has 0 amide bonds. The summed E-state index contributed by atoms with van der Waals surface area (Å²) < 4.78 is 12.9. The number of hydrogen-bond donors (Lipinski definition) is 2. The molecule has 2 rings (SSSR count). The molecule has 144 valence electrons. The molecule has 0 spiro atoms. The molecule has 0 unspecified atom stereocenters. The maximum Gasteiger partial charge on any atom is 0.191 e. The van der Waals surface area contributed by atoms with E-state index in [4.69, 9.17) is 9.47 Å². The Bertz CT molecular complexity index is 632. The molecule has 0 bridgehead atoms. The van der Waals surface area contributed by atoms with Crippen molar-refractivity contribution in [2.24, 2.45) is 4.99 Å². The molecular formula is C19H29IN4O2. The predicted molar refractivity (Wildman–Crippen MR) is 116 cm³/mol. The topological polar surface area (TPSA) is 59.8 Å². The van der Waals surface area contributed by atoms with Crippen LogP contribution in [0.25, 0.3) is 0 Å². The molecule has 2 aromatic rings. The average Bonchev–Trinajstić information content (AvgIpc) is 3.15. The van der Waals surface area contributed by atoms with Crippen LogP contribution in [-0.4, -0.2) is 44.4 Å². The summed E-state index contributed by atoms with van der Waals surface area (Å²) in [5.41, 5.74) is 1.15. The Morgan fingerprint density at radius 1 is 1.12 bits per heavy atom. The van der Waals surface area contributed by atoms with E-state index in [9.17, 15) is 0 Å². The highest BCUT2D eigenvalue weighted by Crippen LogP contribution is 2.13. The fraction of sp³-hybridized carbons (Fsp3) is 0.421. The molecule has 1 aromatic heterocycles. The maximum absolute atomic E-state index is 5.73. The van der Waals surface area contributed by atoms with Crippen LogP contribution in [0.15, 0.2) is 53.8 Å². The zero-order valence-electron chi connectivity index (χ0n) is 15.5. The van der Waals surface area contributed by atoms with E-state index in [0.717, 1.165) is 36.8 Å². The smallest absolute Gasteiger partial charge is 0.191 e. The molecular weight excluding hydrogens is 443 g/mol. The van der Waals surface area contributed by atoms with Crippen LogP contribution in [0.2, 0.25) is 0 Å². The van der Waals surface area contributed by atoms with E-state index in [1.54, 1.807) is 14.2 Å². The minimum atomic E-state index is 0. The van der Waals surface area contributed by atoms with E-state index in [-0.39, 0.29) is 24.0 Å². The summed E-state index contributed by atoms with van der Waals surface area (Å²) in [7, 11) is 3.48. The highest BCUT2D eigenvalue weighted by atomic mass is 127. The summed E-state index contributed by atoms with van der Waals surface area (Å²) in [4.78, 5) is 4.25. The van der Waals surface area contributed by atoms with Crippen molar-refractivity contribution in [3.8, 4) is 5.75 Å². The van der Waals surface area contributed by atoms with E-state index < -0.39 is 0 Å². The summed E-state index contributed by atoms with van der Waals surface area (Å²) in [6, 6.07) is 12.1. The van der Waals surface area contributed by atoms with Crippen LogP contribution in [0.3, 0.4) is 0 Å². The number of aromatic nitrogens is 1. The summed E-state index contributed by atoms with van der Waals surface area (Å²) >= 11 is 0. The van der Waals surface area contributed by atoms with Crippen molar-refractivity contribution in [2.45, 2.75) is 19.5 Å². The molecule has 0 fully saturated rings. The van der Waals surface area contributed by atoms with Crippen LogP contribution in [0, 0.1) is 0 Å². The Hall–Kier alpha value is -1.74. The number of benzene rings is 1. The molecule has 0 aliphatic carbocycles. The molecule has 2 N–H and O–H groups in total. The molecule has 1 heterocycles. The lowest BCUT2D eigenvalue weighted by Gasteiger charge is -2.13. The lowest BCUT2D eigenvalue weighted by atomic mass is 10.2. The summed E-state index contributed by atoms with van der Waals surface area (Å²) in [5, 5.41) is 6.64. The number of halogens is 1. The van der Waals surface area contributed by atoms with Gasteiger partial charge in [0.1, 0.15) is 5.75 Å². The van der Waals surface area contributed by atoms with Crippen molar-refractivity contribution in [2.75, 3.05) is 33.9 Å². The highest BCUT2D eigenvalue weighted by molar-refractivity contribution is 14.0.